The quantitative estimate of drug-likeness (QED) is 0.0175. The summed E-state index contributed by atoms with van der Waals surface area (Å²) in [5.74, 6) is -7.16. The number of nitrogens with two attached hydrogens (primary N) is 9. The molecule has 4 atom stereocenters. The molecule has 0 aliphatic heterocycles. The van der Waals surface area contributed by atoms with Crippen LogP contribution in [0.5, 0.6) is 0 Å². The number of unbranched alkanes of at least 4 members (excludes halogenated alkanes) is 4. The predicted molar refractivity (Wildman–Crippen MR) is 318 cm³/mol. The topological polar surface area (TPSA) is 501 Å². The molecule has 4 rings (SSSR count). The molecule has 4 aromatic rings. The number of rotatable bonds is 34. The van der Waals surface area contributed by atoms with E-state index in [4.69, 9.17) is 51.6 Å². The number of benzene rings is 4. The van der Waals surface area contributed by atoms with E-state index in [1.807, 2.05) is 0 Å². The molecule has 0 aliphatic rings. The third-order valence-corrected chi connectivity index (χ3v) is 13.1. The van der Waals surface area contributed by atoms with Gasteiger partial charge in [0.15, 0.2) is 0 Å². The van der Waals surface area contributed by atoms with Crippen LogP contribution in [0, 0.1) is 6.92 Å². The highest BCUT2D eigenvalue weighted by atomic mass is 16.2. The summed E-state index contributed by atoms with van der Waals surface area (Å²) in [5, 5.41) is 21.6. The van der Waals surface area contributed by atoms with E-state index in [2.05, 4.69) is 42.5 Å². The lowest BCUT2D eigenvalue weighted by atomic mass is 10.0. The summed E-state index contributed by atoms with van der Waals surface area (Å²) in [5.41, 5.74) is 53.1. The highest BCUT2D eigenvalue weighted by Crippen LogP contribution is 2.24. The average molecular weight is 1150 g/mol. The van der Waals surface area contributed by atoms with Gasteiger partial charge in [0, 0.05) is 45.4 Å². The number of primary amides is 2. The third kappa shape index (κ3) is 21.3. The third-order valence-electron chi connectivity index (χ3n) is 13.1. The van der Waals surface area contributed by atoms with Crippen molar-refractivity contribution in [3.8, 4) is 0 Å². The van der Waals surface area contributed by atoms with Gasteiger partial charge in [-0.1, -0.05) is 6.07 Å². The van der Waals surface area contributed by atoms with E-state index in [9.17, 15) is 47.9 Å². The lowest BCUT2D eigenvalue weighted by Crippen LogP contribution is -2.45. The largest absolute Gasteiger partial charge is 0.398 e. The Hall–Kier alpha value is -9.18. The molecule has 4 aromatic carbocycles. The number of anilines is 7. The normalized spacial score (nSPS) is 12.3. The molecule has 448 valence electrons. The second kappa shape index (κ2) is 33.5. The second-order valence-corrected chi connectivity index (χ2v) is 19.7. The predicted octanol–water partition coefficient (Wildman–Crippen LogP) is 0.867. The molecule has 0 aromatic heterocycles. The summed E-state index contributed by atoms with van der Waals surface area (Å²) in [6, 6.07) is 12.6. The van der Waals surface area contributed by atoms with Crippen molar-refractivity contribution in [3.05, 3.63) is 101 Å². The van der Waals surface area contributed by atoms with E-state index in [0.717, 1.165) is 0 Å². The van der Waals surface area contributed by atoms with Gasteiger partial charge in [-0.05, 0) is 182 Å². The molecule has 0 heterocycles. The van der Waals surface area contributed by atoms with E-state index in [1.54, 1.807) is 19.1 Å². The lowest BCUT2D eigenvalue weighted by molar-refractivity contribution is -0.130. The maximum Gasteiger partial charge on any atom is 0.254 e. The first-order valence-electron chi connectivity index (χ1n) is 27.2. The van der Waals surface area contributed by atoms with Gasteiger partial charge in [-0.2, -0.15) is 0 Å². The highest BCUT2D eigenvalue weighted by Gasteiger charge is 2.28. The van der Waals surface area contributed by atoms with Gasteiger partial charge in [0.2, 0.25) is 35.4 Å². The van der Waals surface area contributed by atoms with Crippen molar-refractivity contribution in [2.24, 2.45) is 34.4 Å². The summed E-state index contributed by atoms with van der Waals surface area (Å²) in [7, 11) is 0. The van der Waals surface area contributed by atoms with Crippen LogP contribution in [0.15, 0.2) is 72.8 Å². The molecule has 0 radical (unpaired) electrons. The molecule has 27 nitrogen and oxygen atoms in total. The Balaban J connectivity index is 1.51. The number of carbonyl (C=O) groups excluding carboxylic acids is 10. The summed E-state index contributed by atoms with van der Waals surface area (Å²) in [4.78, 5) is 132. The van der Waals surface area contributed by atoms with Crippen LogP contribution >= 0.6 is 0 Å². The van der Waals surface area contributed by atoms with E-state index >= 15 is 0 Å². The molecule has 27 heteroatoms. The Labute approximate surface area is 480 Å². The van der Waals surface area contributed by atoms with Gasteiger partial charge in [-0.3, -0.25) is 47.9 Å². The van der Waals surface area contributed by atoms with Crippen LogP contribution in [0.3, 0.4) is 0 Å². The number of aryl methyl sites for hydroxylation is 1. The van der Waals surface area contributed by atoms with E-state index in [0.29, 0.717) is 83.1 Å². The van der Waals surface area contributed by atoms with Gasteiger partial charge in [0.05, 0.1) is 16.7 Å². The monoisotopic (exact) mass is 1150 g/mol. The SMILES string of the molecule is Cc1ccc(NC(=O)[C@H](CCCCN)NC(=O)CC(N)=O)cc1C(=O)N[C@@H](CCCCN)C(=O)Nc1ccc(N)c(C(=O)N[C@@H](CCCCN)C(=O)Nc2ccc(N)c(C(=O)N[C@@H](CCCCN)C(=O)Nc3ccc(N)c(C(N)=O)c3)c2)c1. The fraction of sp³-hybridized carbons (Fsp3) is 0.393. The minimum absolute atomic E-state index is 0.000127. The molecule has 0 spiro atoms. The maximum absolute atomic E-state index is 14.1. The maximum atomic E-state index is 14.1. The molecule has 83 heavy (non-hydrogen) atoms. The summed E-state index contributed by atoms with van der Waals surface area (Å²) < 4.78 is 0. The molecule has 26 N–H and O–H groups in total. The van der Waals surface area contributed by atoms with Crippen molar-refractivity contribution in [1.82, 2.24) is 21.3 Å². The summed E-state index contributed by atoms with van der Waals surface area (Å²) in [6.45, 7) is 2.96. The van der Waals surface area contributed by atoms with Gasteiger partial charge in [-0.15, -0.1) is 0 Å². The van der Waals surface area contributed by atoms with Crippen LogP contribution in [-0.4, -0.2) is 109 Å². The Morgan fingerprint density at radius 1 is 0.386 bits per heavy atom. The summed E-state index contributed by atoms with van der Waals surface area (Å²) in [6.07, 6.45) is 3.98. The van der Waals surface area contributed by atoms with Crippen molar-refractivity contribution in [1.29, 1.82) is 0 Å². The Morgan fingerprint density at radius 3 is 1.00 bits per heavy atom. The van der Waals surface area contributed by atoms with Crippen molar-refractivity contribution >= 4 is 98.9 Å². The van der Waals surface area contributed by atoms with Gasteiger partial charge >= 0.3 is 0 Å². The Morgan fingerprint density at radius 2 is 0.675 bits per heavy atom. The molecule has 0 saturated carbocycles. The lowest BCUT2D eigenvalue weighted by Gasteiger charge is -2.21. The molecule has 0 bridgehead atoms. The highest BCUT2D eigenvalue weighted by molar-refractivity contribution is 6.09. The van der Waals surface area contributed by atoms with Gasteiger partial charge < -0.3 is 94.1 Å². The van der Waals surface area contributed by atoms with Crippen molar-refractivity contribution in [3.63, 3.8) is 0 Å². The standard InChI is InChI=1S/C56H79N17O10/c1-31-14-15-32(66-53(80)43(10-2-6-22-57)70-48(75)30-47(64)74)26-36(31)50(77)71-44(11-3-7-23-58)54(81)68-34-17-20-41(62)38(28-34)52(79)73-46(13-5-9-25-60)56(83)69-35-18-21-42(63)39(29-35)51(78)72-45(12-4-8-24-59)55(82)67-33-16-19-40(61)37(27-33)49(65)76/h14-21,26-29,43-46H,2-13,22-25,30,57-63H2,1H3,(H2,64,74)(H2,65,76)(H,66,80)(H,67,82)(H,68,81)(H,69,83)(H,70,75)(H,71,77)(H,72,78)(H,73,79)/t43-,44-,45-,46-/m0/s1. The molecule has 0 unspecified atom stereocenters. The molecule has 0 saturated heterocycles. The number of amides is 10. The van der Waals surface area contributed by atoms with Crippen LogP contribution in [0.1, 0.15) is 130 Å². The zero-order valence-corrected chi connectivity index (χ0v) is 46.5. The van der Waals surface area contributed by atoms with Crippen LogP contribution in [0.2, 0.25) is 0 Å². The molecule has 0 aliphatic carbocycles. The molecule has 10 amide bonds. The number of hydrogen-bond donors (Lipinski definition) is 17. The minimum Gasteiger partial charge on any atom is -0.398 e. The first-order chi connectivity index (χ1) is 39.6. The second-order valence-electron chi connectivity index (χ2n) is 19.7. The van der Waals surface area contributed by atoms with Crippen molar-refractivity contribution < 1.29 is 47.9 Å². The zero-order chi connectivity index (χ0) is 61.2. The van der Waals surface area contributed by atoms with Crippen LogP contribution < -0.4 is 94.1 Å². The fourth-order valence-corrected chi connectivity index (χ4v) is 8.53. The number of nitrogen functional groups attached to an aromatic ring is 3. The summed E-state index contributed by atoms with van der Waals surface area (Å²) >= 11 is 0. The van der Waals surface area contributed by atoms with Crippen LogP contribution in [0.25, 0.3) is 0 Å². The minimum atomic E-state index is -1.19. The number of hydrogen-bond acceptors (Lipinski definition) is 17. The Kier molecular flexibility index (Phi) is 26.8. The van der Waals surface area contributed by atoms with Crippen LogP contribution in [-0.2, 0) is 28.8 Å². The first kappa shape index (κ1) is 66.3. The number of carbonyl (C=O) groups is 10. The Bertz CT molecular complexity index is 2970. The first-order valence-corrected chi connectivity index (χ1v) is 27.2. The van der Waals surface area contributed by atoms with Gasteiger partial charge in [0.1, 0.15) is 30.6 Å². The molecular formula is C56H79N17O10. The number of nitrogens with one attached hydrogen (secondary N) is 8. The molecule has 0 fully saturated rings. The van der Waals surface area contributed by atoms with E-state index in [1.165, 1.54) is 60.7 Å². The zero-order valence-electron chi connectivity index (χ0n) is 46.5. The average Bonchev–Trinajstić information content (AvgIpc) is 3.64. The van der Waals surface area contributed by atoms with E-state index < -0.39 is 89.7 Å². The fourth-order valence-electron chi connectivity index (χ4n) is 8.53. The smallest absolute Gasteiger partial charge is 0.254 e. The van der Waals surface area contributed by atoms with Gasteiger partial charge in [0.25, 0.3) is 23.6 Å². The van der Waals surface area contributed by atoms with Gasteiger partial charge in [-0.25, -0.2) is 0 Å². The molecular weight excluding hydrogens is 1070 g/mol. The van der Waals surface area contributed by atoms with Crippen molar-refractivity contribution in [2.45, 2.75) is 115 Å². The van der Waals surface area contributed by atoms with Crippen molar-refractivity contribution in [2.75, 3.05) is 64.6 Å². The van der Waals surface area contributed by atoms with E-state index in [-0.39, 0.29) is 87.7 Å². The van der Waals surface area contributed by atoms with Crippen LogP contribution in [0.4, 0.5) is 39.8 Å².